The SMILES string of the molecule is COCc1nc(-c2ccccc2C)sc1CNC(C)C. The molecule has 0 fully saturated rings. The molecule has 108 valence electrons. The van der Waals surface area contributed by atoms with Crippen LogP contribution in [-0.4, -0.2) is 18.1 Å². The number of hydrogen-bond donors (Lipinski definition) is 1. The molecule has 0 aliphatic heterocycles. The molecule has 0 spiro atoms. The molecule has 0 aliphatic carbocycles. The van der Waals surface area contributed by atoms with Crippen molar-refractivity contribution in [3.8, 4) is 10.6 Å². The normalized spacial score (nSPS) is 11.2. The minimum absolute atomic E-state index is 0.467. The predicted molar refractivity (Wildman–Crippen MR) is 85.0 cm³/mol. The second kappa shape index (κ2) is 6.97. The molecular weight excluding hydrogens is 268 g/mol. The van der Waals surface area contributed by atoms with Gasteiger partial charge in [-0.15, -0.1) is 11.3 Å². The van der Waals surface area contributed by atoms with E-state index < -0.39 is 0 Å². The lowest BCUT2D eigenvalue weighted by Gasteiger charge is -2.07. The Hall–Kier alpha value is -1.23. The third-order valence-corrected chi connectivity index (χ3v) is 4.24. The number of thiazole rings is 1. The minimum atomic E-state index is 0.467. The molecule has 3 nitrogen and oxygen atoms in total. The fourth-order valence-electron chi connectivity index (χ4n) is 2.00. The van der Waals surface area contributed by atoms with Crippen LogP contribution in [0.5, 0.6) is 0 Å². The number of benzene rings is 1. The molecule has 0 saturated carbocycles. The van der Waals surface area contributed by atoms with Gasteiger partial charge in [-0.3, -0.25) is 0 Å². The van der Waals surface area contributed by atoms with Gasteiger partial charge in [0, 0.05) is 30.1 Å². The van der Waals surface area contributed by atoms with Crippen LogP contribution in [0.2, 0.25) is 0 Å². The van der Waals surface area contributed by atoms with Crippen LogP contribution < -0.4 is 5.32 Å². The van der Waals surface area contributed by atoms with Gasteiger partial charge in [-0.05, 0) is 12.5 Å². The summed E-state index contributed by atoms with van der Waals surface area (Å²) < 4.78 is 5.27. The molecule has 0 saturated heterocycles. The fourth-order valence-corrected chi connectivity index (χ4v) is 3.10. The highest BCUT2D eigenvalue weighted by molar-refractivity contribution is 7.15. The van der Waals surface area contributed by atoms with Crippen LogP contribution in [0.3, 0.4) is 0 Å². The summed E-state index contributed by atoms with van der Waals surface area (Å²) in [6.07, 6.45) is 0. The van der Waals surface area contributed by atoms with Gasteiger partial charge >= 0.3 is 0 Å². The van der Waals surface area contributed by atoms with Gasteiger partial charge in [0.1, 0.15) is 5.01 Å². The van der Waals surface area contributed by atoms with E-state index in [-0.39, 0.29) is 0 Å². The topological polar surface area (TPSA) is 34.1 Å². The molecule has 0 atom stereocenters. The summed E-state index contributed by atoms with van der Waals surface area (Å²) in [6.45, 7) is 7.84. The summed E-state index contributed by atoms with van der Waals surface area (Å²) >= 11 is 1.76. The van der Waals surface area contributed by atoms with Crippen LogP contribution in [-0.2, 0) is 17.9 Å². The lowest BCUT2D eigenvalue weighted by atomic mass is 10.1. The predicted octanol–water partition coefficient (Wildman–Crippen LogP) is 3.76. The van der Waals surface area contributed by atoms with E-state index in [2.05, 4.69) is 50.4 Å². The van der Waals surface area contributed by atoms with Crippen LogP contribution in [0.25, 0.3) is 10.6 Å². The highest BCUT2D eigenvalue weighted by Crippen LogP contribution is 2.30. The van der Waals surface area contributed by atoms with Crippen LogP contribution in [0.1, 0.15) is 30.0 Å². The summed E-state index contributed by atoms with van der Waals surface area (Å²) in [5, 5.41) is 4.53. The van der Waals surface area contributed by atoms with E-state index in [1.54, 1.807) is 18.4 Å². The Morgan fingerprint density at radius 1 is 1.30 bits per heavy atom. The Balaban J connectivity index is 2.31. The molecule has 4 heteroatoms. The van der Waals surface area contributed by atoms with Gasteiger partial charge in [0.25, 0.3) is 0 Å². The van der Waals surface area contributed by atoms with Crippen LogP contribution >= 0.6 is 11.3 Å². The number of aromatic nitrogens is 1. The van der Waals surface area contributed by atoms with E-state index in [9.17, 15) is 0 Å². The van der Waals surface area contributed by atoms with Gasteiger partial charge in [-0.25, -0.2) is 4.98 Å². The van der Waals surface area contributed by atoms with Crippen molar-refractivity contribution in [2.24, 2.45) is 0 Å². The number of nitrogens with zero attached hydrogens (tertiary/aromatic N) is 1. The second-order valence-corrected chi connectivity index (χ2v) is 6.26. The standard InChI is InChI=1S/C16H22N2OS/c1-11(2)17-9-15-14(10-19-4)18-16(20-15)13-8-6-5-7-12(13)3/h5-8,11,17H,9-10H2,1-4H3. The summed E-state index contributed by atoms with van der Waals surface area (Å²) in [5.74, 6) is 0. The van der Waals surface area contributed by atoms with E-state index in [4.69, 9.17) is 9.72 Å². The third-order valence-electron chi connectivity index (χ3n) is 3.11. The Labute approximate surface area is 125 Å². The Morgan fingerprint density at radius 2 is 2.05 bits per heavy atom. The van der Waals surface area contributed by atoms with Crippen molar-refractivity contribution in [1.82, 2.24) is 10.3 Å². The van der Waals surface area contributed by atoms with Crippen molar-refractivity contribution < 1.29 is 4.74 Å². The lowest BCUT2D eigenvalue weighted by Crippen LogP contribution is -2.21. The van der Waals surface area contributed by atoms with Crippen LogP contribution in [0, 0.1) is 6.92 Å². The van der Waals surface area contributed by atoms with Crippen molar-refractivity contribution in [3.63, 3.8) is 0 Å². The Bertz CT molecular complexity index is 563. The minimum Gasteiger partial charge on any atom is -0.378 e. The first-order chi connectivity index (χ1) is 9.61. The summed E-state index contributed by atoms with van der Waals surface area (Å²) in [6, 6.07) is 8.84. The van der Waals surface area contributed by atoms with Crippen molar-refractivity contribution in [2.75, 3.05) is 7.11 Å². The molecule has 0 amide bonds. The average Bonchev–Trinajstić information content (AvgIpc) is 2.80. The maximum atomic E-state index is 5.27. The fraction of sp³-hybridized carbons (Fsp3) is 0.438. The maximum Gasteiger partial charge on any atom is 0.124 e. The molecular formula is C16H22N2OS. The van der Waals surface area contributed by atoms with Gasteiger partial charge < -0.3 is 10.1 Å². The molecule has 1 aromatic heterocycles. The van der Waals surface area contributed by atoms with E-state index in [0.29, 0.717) is 12.6 Å². The van der Waals surface area contributed by atoms with Crippen molar-refractivity contribution in [3.05, 3.63) is 40.4 Å². The van der Waals surface area contributed by atoms with Crippen molar-refractivity contribution in [1.29, 1.82) is 0 Å². The highest BCUT2D eigenvalue weighted by atomic mass is 32.1. The number of nitrogens with one attached hydrogen (secondary N) is 1. The molecule has 1 aromatic carbocycles. The average molecular weight is 290 g/mol. The van der Waals surface area contributed by atoms with Crippen LogP contribution in [0.4, 0.5) is 0 Å². The molecule has 0 unspecified atom stereocenters. The number of ether oxygens (including phenoxy) is 1. The van der Waals surface area contributed by atoms with E-state index in [1.165, 1.54) is 16.0 Å². The van der Waals surface area contributed by atoms with Crippen molar-refractivity contribution >= 4 is 11.3 Å². The third kappa shape index (κ3) is 3.66. The first kappa shape index (κ1) is 15.2. The summed E-state index contributed by atoms with van der Waals surface area (Å²) in [7, 11) is 1.71. The zero-order valence-corrected chi connectivity index (χ0v) is 13.4. The summed E-state index contributed by atoms with van der Waals surface area (Å²) in [4.78, 5) is 6.03. The van der Waals surface area contributed by atoms with E-state index in [1.807, 2.05) is 0 Å². The number of methoxy groups -OCH3 is 1. The number of hydrogen-bond acceptors (Lipinski definition) is 4. The monoisotopic (exact) mass is 290 g/mol. The smallest absolute Gasteiger partial charge is 0.124 e. The van der Waals surface area contributed by atoms with Gasteiger partial charge in [0.2, 0.25) is 0 Å². The van der Waals surface area contributed by atoms with Gasteiger partial charge in [-0.1, -0.05) is 38.1 Å². The van der Waals surface area contributed by atoms with Gasteiger partial charge in [0.15, 0.2) is 0 Å². The maximum absolute atomic E-state index is 5.27. The molecule has 2 rings (SSSR count). The second-order valence-electron chi connectivity index (χ2n) is 5.17. The van der Waals surface area contributed by atoms with Crippen LogP contribution in [0.15, 0.2) is 24.3 Å². The first-order valence-corrected chi connectivity index (χ1v) is 7.70. The number of rotatable bonds is 6. The molecule has 2 aromatic rings. The molecule has 0 aliphatic rings. The zero-order chi connectivity index (χ0) is 14.5. The van der Waals surface area contributed by atoms with Crippen molar-refractivity contribution in [2.45, 2.75) is 40.0 Å². The molecule has 0 bridgehead atoms. The molecule has 0 radical (unpaired) electrons. The quantitative estimate of drug-likeness (QED) is 0.879. The summed E-state index contributed by atoms with van der Waals surface area (Å²) in [5.41, 5.74) is 3.52. The lowest BCUT2D eigenvalue weighted by molar-refractivity contribution is 0.181. The molecule has 1 heterocycles. The zero-order valence-electron chi connectivity index (χ0n) is 12.6. The van der Waals surface area contributed by atoms with Gasteiger partial charge in [0.05, 0.1) is 12.3 Å². The molecule has 20 heavy (non-hydrogen) atoms. The first-order valence-electron chi connectivity index (χ1n) is 6.88. The number of aryl methyl sites for hydroxylation is 1. The molecule has 1 N–H and O–H groups in total. The van der Waals surface area contributed by atoms with Gasteiger partial charge in [-0.2, -0.15) is 0 Å². The Kier molecular flexibility index (Phi) is 5.29. The van der Waals surface area contributed by atoms with E-state index >= 15 is 0 Å². The van der Waals surface area contributed by atoms with E-state index in [0.717, 1.165) is 17.2 Å². The highest BCUT2D eigenvalue weighted by Gasteiger charge is 2.13. The largest absolute Gasteiger partial charge is 0.378 e. The Morgan fingerprint density at radius 3 is 2.70 bits per heavy atom.